The first kappa shape index (κ1) is 15.7. The molecular formula is C12H16ClN3O5S. The summed E-state index contributed by atoms with van der Waals surface area (Å²) in [5, 5.41) is 0.0220. The van der Waals surface area contributed by atoms with Gasteiger partial charge in [-0.3, -0.25) is 4.18 Å². The molecule has 2 atom stereocenters. The van der Waals surface area contributed by atoms with Crippen LogP contribution in [0.15, 0.2) is 0 Å². The van der Waals surface area contributed by atoms with Crippen LogP contribution < -0.4 is 9.64 Å². The summed E-state index contributed by atoms with van der Waals surface area (Å²) in [6.07, 6.45) is 0.975. The smallest absolute Gasteiger partial charge is 0.264 e. The van der Waals surface area contributed by atoms with Gasteiger partial charge in [-0.1, -0.05) is 0 Å². The lowest BCUT2D eigenvalue weighted by Gasteiger charge is -2.44. The Morgan fingerprint density at radius 2 is 2.14 bits per heavy atom. The molecule has 1 unspecified atom stereocenters. The van der Waals surface area contributed by atoms with Gasteiger partial charge in [0.25, 0.3) is 10.1 Å². The predicted molar refractivity (Wildman–Crippen MR) is 78.7 cm³/mol. The van der Waals surface area contributed by atoms with Gasteiger partial charge in [0, 0.05) is 0 Å². The molecule has 2 aliphatic heterocycles. The van der Waals surface area contributed by atoms with Crippen molar-refractivity contribution in [1.82, 2.24) is 9.97 Å². The fraction of sp³-hybridized carbons (Fsp3) is 0.667. The molecule has 0 saturated carbocycles. The number of hydrogen-bond donors (Lipinski definition) is 0. The zero-order chi connectivity index (χ0) is 15.9. The van der Waals surface area contributed by atoms with E-state index in [1.165, 1.54) is 0 Å². The lowest BCUT2D eigenvalue weighted by Crippen LogP contribution is -2.56. The van der Waals surface area contributed by atoms with Crippen molar-refractivity contribution in [3.05, 3.63) is 11.0 Å². The number of anilines is 1. The Kier molecular flexibility index (Phi) is 4.15. The quantitative estimate of drug-likeness (QED) is 0.578. The second kappa shape index (κ2) is 5.80. The molecule has 22 heavy (non-hydrogen) atoms. The van der Waals surface area contributed by atoms with Gasteiger partial charge in [0.2, 0.25) is 5.28 Å². The van der Waals surface area contributed by atoms with E-state index in [4.69, 9.17) is 25.3 Å². The fourth-order valence-electron chi connectivity index (χ4n) is 2.62. The highest BCUT2D eigenvalue weighted by molar-refractivity contribution is 7.85. The summed E-state index contributed by atoms with van der Waals surface area (Å²) in [5.74, 6) is 0.970. The molecule has 1 aromatic heterocycles. The van der Waals surface area contributed by atoms with Gasteiger partial charge in [0.1, 0.15) is 18.9 Å². The van der Waals surface area contributed by atoms with Crippen LogP contribution in [0.2, 0.25) is 5.28 Å². The summed E-state index contributed by atoms with van der Waals surface area (Å²) in [5.41, 5.74) is 0.317. The Hall–Kier alpha value is -1.16. The molecule has 2 aliphatic rings. The van der Waals surface area contributed by atoms with E-state index in [0.717, 1.165) is 6.26 Å². The molecule has 0 aliphatic carbocycles. The van der Waals surface area contributed by atoms with Gasteiger partial charge >= 0.3 is 0 Å². The van der Waals surface area contributed by atoms with Crippen LogP contribution in [-0.2, 0) is 25.6 Å². The molecule has 3 rings (SSSR count). The molecular weight excluding hydrogens is 334 g/mol. The minimum absolute atomic E-state index is 0.0220. The van der Waals surface area contributed by atoms with E-state index in [1.807, 2.05) is 6.92 Å². The molecule has 122 valence electrons. The third kappa shape index (κ3) is 3.12. The fourth-order valence-corrected chi connectivity index (χ4v) is 3.13. The summed E-state index contributed by atoms with van der Waals surface area (Å²) >= 11 is 5.97. The topological polar surface area (TPSA) is 90.8 Å². The lowest BCUT2D eigenvalue weighted by atomic mass is 10.1. The van der Waals surface area contributed by atoms with Crippen molar-refractivity contribution in [3.63, 3.8) is 0 Å². The van der Waals surface area contributed by atoms with Gasteiger partial charge in [0.05, 0.1) is 31.6 Å². The van der Waals surface area contributed by atoms with Crippen molar-refractivity contribution < 1.29 is 22.1 Å². The van der Waals surface area contributed by atoms with Crippen molar-refractivity contribution in [1.29, 1.82) is 0 Å². The summed E-state index contributed by atoms with van der Waals surface area (Å²) in [6, 6.07) is 0.155. The van der Waals surface area contributed by atoms with Gasteiger partial charge in [0.15, 0.2) is 11.6 Å². The maximum absolute atomic E-state index is 11.2. The first-order valence-corrected chi connectivity index (χ1v) is 8.94. The molecule has 0 bridgehead atoms. The summed E-state index contributed by atoms with van der Waals surface area (Å²) in [7, 11) is -3.59. The van der Waals surface area contributed by atoms with Crippen LogP contribution in [0.4, 0.5) is 5.82 Å². The number of aromatic nitrogens is 2. The van der Waals surface area contributed by atoms with Gasteiger partial charge in [-0.05, 0) is 18.5 Å². The lowest BCUT2D eigenvalue weighted by molar-refractivity contribution is 0.0481. The summed E-state index contributed by atoms with van der Waals surface area (Å²) in [6.45, 7) is 3.30. The van der Waals surface area contributed by atoms with Crippen LogP contribution in [0.1, 0.15) is 12.6 Å². The Bertz CT molecular complexity index is 684. The van der Waals surface area contributed by atoms with Gasteiger partial charge in [-0.2, -0.15) is 13.4 Å². The van der Waals surface area contributed by atoms with Gasteiger partial charge in [-0.25, -0.2) is 4.98 Å². The van der Waals surface area contributed by atoms with Crippen LogP contribution in [0.3, 0.4) is 0 Å². The zero-order valence-corrected chi connectivity index (χ0v) is 13.7. The monoisotopic (exact) mass is 349 g/mol. The van der Waals surface area contributed by atoms with Crippen LogP contribution in [0.5, 0.6) is 5.75 Å². The van der Waals surface area contributed by atoms with Gasteiger partial charge in [-0.15, -0.1) is 0 Å². The number of halogens is 1. The summed E-state index contributed by atoms with van der Waals surface area (Å²) < 4.78 is 38.4. The average molecular weight is 350 g/mol. The maximum Gasteiger partial charge on any atom is 0.264 e. The second-order valence-electron chi connectivity index (χ2n) is 5.32. The second-order valence-corrected chi connectivity index (χ2v) is 7.30. The van der Waals surface area contributed by atoms with E-state index in [1.54, 1.807) is 0 Å². The van der Waals surface area contributed by atoms with E-state index >= 15 is 0 Å². The minimum Gasteiger partial charge on any atom is -0.486 e. The first-order chi connectivity index (χ1) is 10.3. The summed E-state index contributed by atoms with van der Waals surface area (Å²) in [4.78, 5) is 10.4. The Balaban J connectivity index is 1.98. The van der Waals surface area contributed by atoms with Crippen molar-refractivity contribution in [2.45, 2.75) is 25.6 Å². The van der Waals surface area contributed by atoms with Crippen LogP contribution >= 0.6 is 11.6 Å². The van der Waals surface area contributed by atoms with Crippen LogP contribution in [0, 0.1) is 0 Å². The molecule has 0 radical (unpaired) electrons. The molecule has 8 nitrogen and oxygen atoms in total. The number of ether oxygens (including phenoxy) is 2. The van der Waals surface area contributed by atoms with Crippen molar-refractivity contribution in [3.8, 4) is 5.75 Å². The van der Waals surface area contributed by atoms with Crippen LogP contribution in [-0.4, -0.2) is 56.5 Å². The molecule has 0 aromatic carbocycles. The third-order valence-electron chi connectivity index (χ3n) is 3.50. The Morgan fingerprint density at radius 3 is 2.86 bits per heavy atom. The highest BCUT2D eigenvalue weighted by Gasteiger charge is 2.37. The number of fused-ring (bicyclic) bond motifs is 3. The minimum atomic E-state index is -3.59. The third-order valence-corrected chi connectivity index (χ3v) is 4.22. The van der Waals surface area contributed by atoms with Crippen molar-refractivity contribution in [2.75, 3.05) is 31.0 Å². The maximum atomic E-state index is 11.2. The van der Waals surface area contributed by atoms with E-state index in [2.05, 4.69) is 14.9 Å². The van der Waals surface area contributed by atoms with Crippen molar-refractivity contribution >= 4 is 27.5 Å². The molecule has 10 heteroatoms. The SMILES string of the molecule is C[C@@H]1COCC2COc3c(COS(C)(=O)=O)nc(Cl)nc3N21. The number of morpholine rings is 1. The first-order valence-electron chi connectivity index (χ1n) is 6.75. The number of nitrogens with zero attached hydrogens (tertiary/aromatic N) is 3. The highest BCUT2D eigenvalue weighted by Crippen LogP contribution is 2.38. The molecule has 1 aromatic rings. The molecule has 1 saturated heterocycles. The molecule has 3 heterocycles. The number of rotatable bonds is 3. The molecule has 0 N–H and O–H groups in total. The van der Waals surface area contributed by atoms with E-state index in [0.29, 0.717) is 37.1 Å². The largest absolute Gasteiger partial charge is 0.486 e. The molecule has 1 fully saturated rings. The standard InChI is InChI=1S/C12H16ClN3O5S/c1-7-3-19-4-8-5-20-10-9(6-21-22(2,17)18)14-12(13)15-11(10)16(7)8/h7-8H,3-6H2,1-2H3/t7-,8?/m1/s1. The van der Waals surface area contributed by atoms with E-state index in [-0.39, 0.29) is 24.0 Å². The Morgan fingerprint density at radius 1 is 1.36 bits per heavy atom. The Labute approximate surface area is 133 Å². The molecule has 0 spiro atoms. The van der Waals surface area contributed by atoms with Crippen LogP contribution in [0.25, 0.3) is 0 Å². The van der Waals surface area contributed by atoms with E-state index < -0.39 is 10.1 Å². The van der Waals surface area contributed by atoms with Crippen molar-refractivity contribution in [2.24, 2.45) is 0 Å². The highest BCUT2D eigenvalue weighted by atomic mass is 35.5. The zero-order valence-electron chi connectivity index (χ0n) is 12.2. The molecule has 0 amide bonds. The normalized spacial score (nSPS) is 24.4. The van der Waals surface area contributed by atoms with Gasteiger partial charge < -0.3 is 14.4 Å². The van der Waals surface area contributed by atoms with E-state index in [9.17, 15) is 8.42 Å². The number of hydrogen-bond acceptors (Lipinski definition) is 8. The predicted octanol–water partition coefficient (Wildman–Crippen LogP) is 0.592. The average Bonchev–Trinajstić information content (AvgIpc) is 2.43.